The molecule has 0 bridgehead atoms. The van der Waals surface area contributed by atoms with Crippen molar-refractivity contribution in [1.29, 1.82) is 0 Å². The lowest BCUT2D eigenvalue weighted by atomic mass is 10.2. The molecule has 3 N–H and O–H groups in total. The summed E-state index contributed by atoms with van der Waals surface area (Å²) in [5.41, 5.74) is 6.79. The molecule has 6 nitrogen and oxygen atoms in total. The number of hydrogen-bond donors (Lipinski definition) is 2. The van der Waals surface area contributed by atoms with Crippen molar-refractivity contribution in [3.63, 3.8) is 0 Å². The highest BCUT2D eigenvalue weighted by molar-refractivity contribution is 5.94. The molecular weight excluding hydrogens is 256 g/mol. The molecule has 0 radical (unpaired) electrons. The number of nitrogens with one attached hydrogen (secondary N) is 1. The lowest BCUT2D eigenvalue weighted by Crippen LogP contribution is -2.17. The molecule has 0 unspecified atom stereocenters. The zero-order chi connectivity index (χ0) is 14.5. The number of rotatable bonds is 4. The average Bonchev–Trinajstić information content (AvgIpc) is 2.47. The SMILES string of the molecule is C=Cc1c(N)ncnc1Oc1ccc(C(=O)NC)cc1. The Balaban J connectivity index is 2.25. The van der Waals surface area contributed by atoms with Gasteiger partial charge >= 0.3 is 0 Å². The largest absolute Gasteiger partial charge is 0.438 e. The molecule has 0 aliphatic heterocycles. The number of aromatic nitrogens is 2. The van der Waals surface area contributed by atoms with Gasteiger partial charge in [-0.15, -0.1) is 0 Å². The van der Waals surface area contributed by atoms with Crippen molar-refractivity contribution in [2.75, 3.05) is 12.8 Å². The molecule has 0 saturated heterocycles. The van der Waals surface area contributed by atoms with Gasteiger partial charge in [0.2, 0.25) is 5.88 Å². The van der Waals surface area contributed by atoms with Gasteiger partial charge in [0.25, 0.3) is 5.91 Å². The molecule has 0 saturated carbocycles. The number of hydrogen-bond acceptors (Lipinski definition) is 5. The summed E-state index contributed by atoms with van der Waals surface area (Å²) in [7, 11) is 1.58. The van der Waals surface area contributed by atoms with Crippen LogP contribution in [-0.2, 0) is 0 Å². The number of anilines is 1. The van der Waals surface area contributed by atoms with E-state index in [0.717, 1.165) is 0 Å². The summed E-state index contributed by atoms with van der Waals surface area (Å²) in [4.78, 5) is 19.3. The second-order valence-electron chi connectivity index (χ2n) is 3.89. The van der Waals surface area contributed by atoms with Gasteiger partial charge in [-0.2, -0.15) is 0 Å². The molecule has 1 aromatic carbocycles. The standard InChI is InChI=1S/C14H14N4O2/c1-3-11-12(15)17-8-18-14(11)20-10-6-4-9(5-7-10)13(19)16-2/h3-8H,1H2,2H3,(H,16,19)(H2,15,17,18). The highest BCUT2D eigenvalue weighted by Gasteiger charge is 2.09. The molecular formula is C14H14N4O2. The van der Waals surface area contributed by atoms with Gasteiger partial charge in [0, 0.05) is 12.6 Å². The maximum absolute atomic E-state index is 11.4. The predicted molar refractivity (Wildman–Crippen MR) is 76.4 cm³/mol. The molecule has 20 heavy (non-hydrogen) atoms. The number of nitrogen functional groups attached to an aromatic ring is 1. The van der Waals surface area contributed by atoms with Crippen molar-refractivity contribution in [3.05, 3.63) is 48.3 Å². The lowest BCUT2D eigenvalue weighted by Gasteiger charge is -2.09. The maximum Gasteiger partial charge on any atom is 0.251 e. The van der Waals surface area contributed by atoms with E-state index in [1.54, 1.807) is 31.3 Å². The third-order valence-electron chi connectivity index (χ3n) is 2.64. The average molecular weight is 270 g/mol. The first-order valence-corrected chi connectivity index (χ1v) is 5.88. The van der Waals surface area contributed by atoms with Gasteiger partial charge in [0.15, 0.2) is 0 Å². The molecule has 0 aliphatic rings. The van der Waals surface area contributed by atoms with Crippen LogP contribution in [0.15, 0.2) is 37.2 Å². The number of carbonyl (C=O) groups is 1. The van der Waals surface area contributed by atoms with Crippen LogP contribution in [0.5, 0.6) is 11.6 Å². The molecule has 1 heterocycles. The van der Waals surface area contributed by atoms with Crippen LogP contribution in [0, 0.1) is 0 Å². The molecule has 1 aromatic heterocycles. The van der Waals surface area contributed by atoms with Crippen molar-refractivity contribution in [2.24, 2.45) is 0 Å². The Bertz CT molecular complexity index is 638. The second kappa shape index (κ2) is 5.83. The van der Waals surface area contributed by atoms with Crippen LogP contribution in [0.25, 0.3) is 6.08 Å². The molecule has 0 spiro atoms. The molecule has 0 aliphatic carbocycles. The van der Waals surface area contributed by atoms with Crippen molar-refractivity contribution < 1.29 is 9.53 Å². The highest BCUT2D eigenvalue weighted by atomic mass is 16.5. The quantitative estimate of drug-likeness (QED) is 0.884. The first-order valence-electron chi connectivity index (χ1n) is 5.88. The number of amides is 1. The van der Waals surface area contributed by atoms with Crippen molar-refractivity contribution in [2.45, 2.75) is 0 Å². The summed E-state index contributed by atoms with van der Waals surface area (Å²) in [6.07, 6.45) is 2.85. The van der Waals surface area contributed by atoms with Crippen LogP contribution < -0.4 is 15.8 Å². The Kier molecular flexibility index (Phi) is 3.95. The van der Waals surface area contributed by atoms with Crippen LogP contribution in [-0.4, -0.2) is 22.9 Å². The number of nitrogens with two attached hydrogens (primary N) is 1. The number of nitrogens with zero attached hydrogens (tertiary/aromatic N) is 2. The molecule has 2 rings (SSSR count). The van der Waals surface area contributed by atoms with Crippen molar-refractivity contribution in [3.8, 4) is 11.6 Å². The molecule has 1 amide bonds. The molecule has 102 valence electrons. The fourth-order valence-corrected chi connectivity index (χ4v) is 1.60. The summed E-state index contributed by atoms with van der Waals surface area (Å²) in [6.45, 7) is 3.65. The lowest BCUT2D eigenvalue weighted by molar-refractivity contribution is 0.0963. The second-order valence-corrected chi connectivity index (χ2v) is 3.89. The smallest absolute Gasteiger partial charge is 0.251 e. The summed E-state index contributed by atoms with van der Waals surface area (Å²) in [5.74, 6) is 1.00. The number of benzene rings is 1. The van der Waals surface area contributed by atoms with E-state index in [1.807, 2.05) is 0 Å². The first kappa shape index (κ1) is 13.5. The third-order valence-corrected chi connectivity index (χ3v) is 2.64. The maximum atomic E-state index is 11.4. The van der Waals surface area contributed by atoms with Crippen LogP contribution in [0.2, 0.25) is 0 Å². The fraction of sp³-hybridized carbons (Fsp3) is 0.0714. The van der Waals surface area contributed by atoms with E-state index in [4.69, 9.17) is 10.5 Å². The van der Waals surface area contributed by atoms with E-state index in [2.05, 4.69) is 21.9 Å². The molecule has 0 fully saturated rings. The number of carbonyl (C=O) groups excluding carboxylic acids is 1. The van der Waals surface area contributed by atoms with Gasteiger partial charge in [-0.25, -0.2) is 9.97 Å². The van der Waals surface area contributed by atoms with Gasteiger partial charge in [0.05, 0.1) is 5.56 Å². The van der Waals surface area contributed by atoms with Crippen LogP contribution >= 0.6 is 0 Å². The molecule has 2 aromatic rings. The zero-order valence-corrected chi connectivity index (χ0v) is 11.0. The van der Waals surface area contributed by atoms with Gasteiger partial charge in [-0.05, 0) is 24.3 Å². The Labute approximate surface area is 116 Å². The monoisotopic (exact) mass is 270 g/mol. The molecule has 6 heteroatoms. The Morgan fingerprint density at radius 1 is 1.35 bits per heavy atom. The summed E-state index contributed by atoms with van der Waals surface area (Å²) >= 11 is 0. The summed E-state index contributed by atoms with van der Waals surface area (Å²) < 4.78 is 5.62. The van der Waals surface area contributed by atoms with Gasteiger partial charge < -0.3 is 15.8 Å². The third kappa shape index (κ3) is 2.74. The zero-order valence-electron chi connectivity index (χ0n) is 11.0. The Hall–Kier alpha value is -2.89. The van der Waals surface area contributed by atoms with Crippen molar-refractivity contribution >= 4 is 17.8 Å². The minimum absolute atomic E-state index is 0.158. The summed E-state index contributed by atoms with van der Waals surface area (Å²) in [5, 5.41) is 2.55. The van der Waals surface area contributed by atoms with E-state index >= 15 is 0 Å². The van der Waals surface area contributed by atoms with E-state index in [-0.39, 0.29) is 5.91 Å². The van der Waals surface area contributed by atoms with Gasteiger partial charge in [-0.1, -0.05) is 12.7 Å². The minimum atomic E-state index is -0.158. The van der Waals surface area contributed by atoms with Crippen LogP contribution in [0.1, 0.15) is 15.9 Å². The van der Waals surface area contributed by atoms with Crippen molar-refractivity contribution in [1.82, 2.24) is 15.3 Å². The van der Waals surface area contributed by atoms with E-state index < -0.39 is 0 Å². The van der Waals surface area contributed by atoms with Gasteiger partial charge in [-0.3, -0.25) is 4.79 Å². The van der Waals surface area contributed by atoms with E-state index in [1.165, 1.54) is 12.4 Å². The van der Waals surface area contributed by atoms with E-state index in [9.17, 15) is 4.79 Å². The fourth-order valence-electron chi connectivity index (χ4n) is 1.60. The summed E-state index contributed by atoms with van der Waals surface area (Å²) in [6, 6.07) is 6.67. The van der Waals surface area contributed by atoms with Gasteiger partial charge in [0.1, 0.15) is 17.9 Å². The number of ether oxygens (including phenoxy) is 1. The highest BCUT2D eigenvalue weighted by Crippen LogP contribution is 2.26. The Morgan fingerprint density at radius 2 is 2.05 bits per heavy atom. The van der Waals surface area contributed by atoms with E-state index in [0.29, 0.717) is 28.6 Å². The normalized spacial score (nSPS) is 9.85. The first-order chi connectivity index (χ1) is 9.65. The minimum Gasteiger partial charge on any atom is -0.438 e. The predicted octanol–water partition coefficient (Wildman–Crippen LogP) is 1.85. The Morgan fingerprint density at radius 3 is 2.65 bits per heavy atom. The molecule has 0 atom stereocenters. The van der Waals surface area contributed by atoms with Crippen LogP contribution in [0.3, 0.4) is 0 Å². The van der Waals surface area contributed by atoms with Crippen LogP contribution in [0.4, 0.5) is 5.82 Å². The topological polar surface area (TPSA) is 90.1 Å².